The Labute approximate surface area is 64.8 Å². The van der Waals surface area contributed by atoms with Gasteiger partial charge in [-0.05, 0) is 24.8 Å². The summed E-state index contributed by atoms with van der Waals surface area (Å²) in [6.45, 7) is 2.03. The largest absolute Gasteiger partial charge is 0.383 e. The molecule has 1 heterocycles. The van der Waals surface area contributed by atoms with E-state index in [1.807, 2.05) is 19.2 Å². The summed E-state index contributed by atoms with van der Waals surface area (Å²) < 4.78 is 0. The van der Waals surface area contributed by atoms with E-state index in [1.165, 1.54) is 5.56 Å². The zero-order chi connectivity index (χ0) is 7.56. The SMILES string of the molecule is CSc1c(C)ccnc1N. The van der Waals surface area contributed by atoms with Crippen LogP contribution in [0.4, 0.5) is 5.82 Å². The summed E-state index contributed by atoms with van der Waals surface area (Å²) >= 11 is 1.63. The van der Waals surface area contributed by atoms with Gasteiger partial charge in [-0.15, -0.1) is 11.8 Å². The fourth-order valence-electron chi connectivity index (χ4n) is 0.831. The second kappa shape index (κ2) is 2.92. The average molecular weight is 154 g/mol. The molecule has 1 aromatic heterocycles. The number of nitrogen functional groups attached to an aromatic ring is 1. The molecule has 0 aliphatic rings. The van der Waals surface area contributed by atoms with Crippen molar-refractivity contribution in [2.75, 3.05) is 12.0 Å². The molecule has 1 aromatic rings. The Morgan fingerprint density at radius 2 is 2.30 bits per heavy atom. The number of rotatable bonds is 1. The Kier molecular flexibility index (Phi) is 2.17. The Morgan fingerprint density at radius 3 is 2.70 bits per heavy atom. The van der Waals surface area contributed by atoms with Crippen LogP contribution in [-0.4, -0.2) is 11.2 Å². The molecule has 2 N–H and O–H groups in total. The Balaban J connectivity index is 3.17. The molecule has 1 rings (SSSR count). The third kappa shape index (κ3) is 1.24. The van der Waals surface area contributed by atoms with Crippen LogP contribution in [0.3, 0.4) is 0 Å². The predicted octanol–water partition coefficient (Wildman–Crippen LogP) is 1.69. The summed E-state index contributed by atoms with van der Waals surface area (Å²) in [5.41, 5.74) is 6.79. The van der Waals surface area contributed by atoms with E-state index in [4.69, 9.17) is 5.73 Å². The fourth-order valence-corrected chi connectivity index (χ4v) is 1.48. The Bertz CT molecular complexity index is 215. The van der Waals surface area contributed by atoms with Gasteiger partial charge in [0.1, 0.15) is 5.82 Å². The highest BCUT2D eigenvalue weighted by Crippen LogP contribution is 2.23. The fraction of sp³-hybridized carbons (Fsp3) is 0.286. The van der Waals surface area contributed by atoms with E-state index in [0.717, 1.165) is 4.90 Å². The molecule has 0 fully saturated rings. The molecule has 0 saturated carbocycles. The van der Waals surface area contributed by atoms with E-state index in [1.54, 1.807) is 18.0 Å². The van der Waals surface area contributed by atoms with Crippen LogP contribution in [0.25, 0.3) is 0 Å². The number of pyridine rings is 1. The first kappa shape index (κ1) is 7.41. The number of hydrogen-bond acceptors (Lipinski definition) is 3. The quantitative estimate of drug-likeness (QED) is 0.626. The Hall–Kier alpha value is -0.700. The van der Waals surface area contributed by atoms with Crippen molar-refractivity contribution in [1.29, 1.82) is 0 Å². The van der Waals surface area contributed by atoms with Gasteiger partial charge < -0.3 is 5.73 Å². The van der Waals surface area contributed by atoms with Gasteiger partial charge in [0, 0.05) is 6.20 Å². The minimum atomic E-state index is 0.632. The number of nitrogens with zero attached hydrogens (tertiary/aromatic N) is 1. The van der Waals surface area contributed by atoms with Gasteiger partial charge in [-0.25, -0.2) is 4.98 Å². The van der Waals surface area contributed by atoms with E-state index in [-0.39, 0.29) is 0 Å². The van der Waals surface area contributed by atoms with Crippen molar-refractivity contribution in [1.82, 2.24) is 4.98 Å². The van der Waals surface area contributed by atoms with Crippen molar-refractivity contribution in [2.24, 2.45) is 0 Å². The molecule has 0 amide bonds. The number of anilines is 1. The molecule has 0 aromatic carbocycles. The molecule has 0 spiro atoms. The monoisotopic (exact) mass is 154 g/mol. The summed E-state index contributed by atoms with van der Waals surface area (Å²) in [5.74, 6) is 0.632. The summed E-state index contributed by atoms with van der Waals surface area (Å²) in [6, 6.07) is 1.96. The topological polar surface area (TPSA) is 38.9 Å². The van der Waals surface area contributed by atoms with Crippen LogP contribution in [0, 0.1) is 6.92 Å². The van der Waals surface area contributed by atoms with Crippen LogP contribution < -0.4 is 5.73 Å². The average Bonchev–Trinajstić information content (AvgIpc) is 1.88. The molecular weight excluding hydrogens is 144 g/mol. The highest BCUT2D eigenvalue weighted by atomic mass is 32.2. The zero-order valence-corrected chi connectivity index (χ0v) is 6.90. The lowest BCUT2D eigenvalue weighted by Crippen LogP contribution is -1.93. The smallest absolute Gasteiger partial charge is 0.137 e. The first-order chi connectivity index (χ1) is 4.75. The maximum absolute atomic E-state index is 5.60. The number of aryl methyl sites for hydroxylation is 1. The number of hydrogen-bond donors (Lipinski definition) is 1. The Morgan fingerprint density at radius 1 is 1.60 bits per heavy atom. The van der Waals surface area contributed by atoms with Crippen LogP contribution >= 0.6 is 11.8 Å². The predicted molar refractivity (Wildman–Crippen MR) is 45.2 cm³/mol. The minimum Gasteiger partial charge on any atom is -0.383 e. The summed E-state index contributed by atoms with van der Waals surface area (Å²) in [4.78, 5) is 5.05. The second-order valence-electron chi connectivity index (χ2n) is 2.05. The van der Waals surface area contributed by atoms with E-state index >= 15 is 0 Å². The molecular formula is C7H10N2S. The lowest BCUT2D eigenvalue weighted by molar-refractivity contribution is 1.19. The molecule has 0 aliphatic heterocycles. The first-order valence-corrected chi connectivity index (χ1v) is 4.23. The van der Waals surface area contributed by atoms with Crippen molar-refractivity contribution in [3.63, 3.8) is 0 Å². The third-order valence-corrected chi connectivity index (χ3v) is 2.27. The van der Waals surface area contributed by atoms with Gasteiger partial charge >= 0.3 is 0 Å². The van der Waals surface area contributed by atoms with Crippen LogP contribution in [0.5, 0.6) is 0 Å². The van der Waals surface area contributed by atoms with Gasteiger partial charge in [0.15, 0.2) is 0 Å². The highest BCUT2D eigenvalue weighted by Gasteiger charge is 1.99. The van der Waals surface area contributed by atoms with E-state index in [2.05, 4.69) is 4.98 Å². The van der Waals surface area contributed by atoms with E-state index in [0.29, 0.717) is 5.82 Å². The van der Waals surface area contributed by atoms with Crippen molar-refractivity contribution >= 4 is 17.6 Å². The molecule has 0 aliphatic carbocycles. The molecule has 10 heavy (non-hydrogen) atoms. The van der Waals surface area contributed by atoms with Crippen molar-refractivity contribution < 1.29 is 0 Å². The second-order valence-corrected chi connectivity index (χ2v) is 2.86. The van der Waals surface area contributed by atoms with Gasteiger partial charge in [0.2, 0.25) is 0 Å². The molecule has 0 unspecified atom stereocenters. The lowest BCUT2D eigenvalue weighted by atomic mass is 10.3. The molecule has 0 radical (unpaired) electrons. The highest BCUT2D eigenvalue weighted by molar-refractivity contribution is 7.98. The number of nitrogens with two attached hydrogens (primary N) is 1. The third-order valence-electron chi connectivity index (χ3n) is 1.33. The summed E-state index contributed by atoms with van der Waals surface area (Å²) in [7, 11) is 0. The normalized spacial score (nSPS) is 9.80. The van der Waals surface area contributed by atoms with Gasteiger partial charge in [0.05, 0.1) is 4.90 Å². The molecule has 3 heteroatoms. The van der Waals surface area contributed by atoms with E-state index < -0.39 is 0 Å². The van der Waals surface area contributed by atoms with Crippen molar-refractivity contribution in [3.8, 4) is 0 Å². The van der Waals surface area contributed by atoms with Crippen LogP contribution in [0.15, 0.2) is 17.2 Å². The molecule has 0 atom stereocenters. The molecule has 54 valence electrons. The van der Waals surface area contributed by atoms with Gasteiger partial charge in [-0.1, -0.05) is 0 Å². The van der Waals surface area contributed by atoms with E-state index in [9.17, 15) is 0 Å². The van der Waals surface area contributed by atoms with Crippen LogP contribution in [0.2, 0.25) is 0 Å². The van der Waals surface area contributed by atoms with Gasteiger partial charge in [-0.3, -0.25) is 0 Å². The maximum Gasteiger partial charge on any atom is 0.137 e. The van der Waals surface area contributed by atoms with Crippen molar-refractivity contribution in [2.45, 2.75) is 11.8 Å². The van der Waals surface area contributed by atoms with Crippen LogP contribution in [0.1, 0.15) is 5.56 Å². The molecule has 0 bridgehead atoms. The first-order valence-electron chi connectivity index (χ1n) is 3.00. The van der Waals surface area contributed by atoms with Crippen LogP contribution in [-0.2, 0) is 0 Å². The molecule has 2 nitrogen and oxygen atoms in total. The lowest BCUT2D eigenvalue weighted by Gasteiger charge is -2.02. The number of thioether (sulfide) groups is 1. The zero-order valence-electron chi connectivity index (χ0n) is 6.09. The standard InChI is InChI=1S/C7H10N2S/c1-5-3-4-9-7(8)6(5)10-2/h3-4H,1-2H3,(H2,8,9). The summed E-state index contributed by atoms with van der Waals surface area (Å²) in [6.07, 6.45) is 3.73. The molecule has 0 saturated heterocycles. The van der Waals surface area contributed by atoms with Gasteiger partial charge in [0.25, 0.3) is 0 Å². The summed E-state index contributed by atoms with van der Waals surface area (Å²) in [5, 5.41) is 0. The number of aromatic nitrogens is 1. The van der Waals surface area contributed by atoms with Crippen molar-refractivity contribution in [3.05, 3.63) is 17.8 Å². The van der Waals surface area contributed by atoms with Gasteiger partial charge in [-0.2, -0.15) is 0 Å². The minimum absolute atomic E-state index is 0.632. The maximum atomic E-state index is 5.60.